The zero-order chi connectivity index (χ0) is 12.4. The molecule has 0 radical (unpaired) electrons. The highest BCUT2D eigenvalue weighted by Crippen LogP contribution is 2.33. The molecular formula is C13H20BrN3. The summed E-state index contributed by atoms with van der Waals surface area (Å²) >= 11 is 3.55. The molecule has 0 aromatic carbocycles. The van der Waals surface area contributed by atoms with Crippen molar-refractivity contribution in [2.75, 3.05) is 17.7 Å². The molecule has 1 aliphatic rings. The molecule has 2 atom stereocenters. The third-order valence-corrected chi connectivity index (χ3v) is 4.32. The first kappa shape index (κ1) is 12.7. The van der Waals surface area contributed by atoms with Gasteiger partial charge in [0.1, 0.15) is 5.82 Å². The van der Waals surface area contributed by atoms with Crippen LogP contribution in [0.3, 0.4) is 0 Å². The average Bonchev–Trinajstić information content (AvgIpc) is 2.29. The lowest BCUT2D eigenvalue weighted by molar-refractivity contribution is 0.320. The Morgan fingerprint density at radius 2 is 2.12 bits per heavy atom. The van der Waals surface area contributed by atoms with Crippen LogP contribution in [-0.2, 0) is 0 Å². The lowest BCUT2D eigenvalue weighted by atomic mass is 9.85. The predicted molar refractivity (Wildman–Crippen MR) is 76.2 cm³/mol. The zero-order valence-electron chi connectivity index (χ0n) is 10.5. The van der Waals surface area contributed by atoms with Gasteiger partial charge in [-0.2, -0.15) is 0 Å². The monoisotopic (exact) mass is 297 g/mol. The fourth-order valence-electron chi connectivity index (χ4n) is 2.73. The van der Waals surface area contributed by atoms with E-state index in [1.165, 1.54) is 25.7 Å². The van der Waals surface area contributed by atoms with E-state index in [1.807, 2.05) is 6.07 Å². The average molecular weight is 298 g/mol. The van der Waals surface area contributed by atoms with Crippen LogP contribution in [0.15, 0.2) is 16.7 Å². The highest BCUT2D eigenvalue weighted by molar-refractivity contribution is 9.10. The topological polar surface area (TPSA) is 42.2 Å². The summed E-state index contributed by atoms with van der Waals surface area (Å²) < 4.78 is 0.984. The Bertz CT molecular complexity index is 394. The van der Waals surface area contributed by atoms with Gasteiger partial charge in [-0.05, 0) is 40.8 Å². The number of hydrogen-bond donors (Lipinski definition) is 1. The Morgan fingerprint density at radius 3 is 2.76 bits per heavy atom. The van der Waals surface area contributed by atoms with Crippen molar-refractivity contribution in [2.45, 2.75) is 38.6 Å². The quantitative estimate of drug-likeness (QED) is 0.909. The number of nitrogens with zero attached hydrogens (tertiary/aromatic N) is 2. The third kappa shape index (κ3) is 2.73. The van der Waals surface area contributed by atoms with Gasteiger partial charge in [0.05, 0.1) is 16.4 Å². The first-order valence-electron chi connectivity index (χ1n) is 6.23. The molecule has 1 saturated carbocycles. The molecule has 3 nitrogen and oxygen atoms in total. The highest BCUT2D eigenvalue weighted by atomic mass is 79.9. The molecule has 2 N–H and O–H groups in total. The Hall–Kier alpha value is -0.770. The van der Waals surface area contributed by atoms with Gasteiger partial charge in [0.15, 0.2) is 0 Å². The number of halogens is 1. The number of nitrogen functional groups attached to an aromatic ring is 1. The van der Waals surface area contributed by atoms with Gasteiger partial charge in [0.25, 0.3) is 0 Å². The molecule has 4 heteroatoms. The van der Waals surface area contributed by atoms with Gasteiger partial charge in [0.2, 0.25) is 0 Å². The lowest BCUT2D eigenvalue weighted by Gasteiger charge is -2.37. The van der Waals surface area contributed by atoms with E-state index in [-0.39, 0.29) is 0 Å². The van der Waals surface area contributed by atoms with E-state index in [9.17, 15) is 0 Å². The van der Waals surface area contributed by atoms with Crippen molar-refractivity contribution >= 4 is 27.4 Å². The first-order valence-corrected chi connectivity index (χ1v) is 7.02. The smallest absolute Gasteiger partial charge is 0.143 e. The van der Waals surface area contributed by atoms with Crippen LogP contribution in [0.1, 0.15) is 32.6 Å². The summed E-state index contributed by atoms with van der Waals surface area (Å²) in [7, 11) is 2.13. The molecule has 94 valence electrons. The van der Waals surface area contributed by atoms with Crippen molar-refractivity contribution in [3.8, 4) is 0 Å². The molecular weight excluding hydrogens is 278 g/mol. The van der Waals surface area contributed by atoms with Gasteiger partial charge in [-0.3, -0.25) is 0 Å². The van der Waals surface area contributed by atoms with E-state index in [1.54, 1.807) is 6.20 Å². The molecule has 17 heavy (non-hydrogen) atoms. The standard InChI is InChI=1S/C13H20BrN3/c1-9-5-3-4-6-12(9)17(2)13-11(14)7-10(15)8-16-13/h7-9,12H,3-6,15H2,1-2H3. The van der Waals surface area contributed by atoms with E-state index in [2.05, 4.69) is 39.8 Å². The van der Waals surface area contributed by atoms with Crippen LogP contribution >= 0.6 is 15.9 Å². The van der Waals surface area contributed by atoms with Gasteiger partial charge in [-0.15, -0.1) is 0 Å². The summed E-state index contributed by atoms with van der Waals surface area (Å²) in [6.45, 7) is 2.34. The molecule has 0 amide bonds. The number of aromatic nitrogens is 1. The molecule has 0 saturated heterocycles. The maximum Gasteiger partial charge on any atom is 0.143 e. The van der Waals surface area contributed by atoms with Crippen LogP contribution in [-0.4, -0.2) is 18.1 Å². The third-order valence-electron chi connectivity index (χ3n) is 3.74. The van der Waals surface area contributed by atoms with E-state index < -0.39 is 0 Å². The maximum absolute atomic E-state index is 5.72. The Kier molecular flexibility index (Phi) is 3.92. The fourth-order valence-corrected chi connectivity index (χ4v) is 3.38. The number of nitrogens with two attached hydrogens (primary N) is 1. The van der Waals surface area contributed by atoms with E-state index >= 15 is 0 Å². The van der Waals surface area contributed by atoms with Crippen LogP contribution in [0, 0.1) is 5.92 Å². The van der Waals surface area contributed by atoms with Crippen molar-refractivity contribution in [1.82, 2.24) is 4.98 Å². The number of hydrogen-bond acceptors (Lipinski definition) is 3. The lowest BCUT2D eigenvalue weighted by Crippen LogP contribution is -2.39. The van der Waals surface area contributed by atoms with Crippen molar-refractivity contribution in [3.63, 3.8) is 0 Å². The largest absolute Gasteiger partial charge is 0.397 e. The summed E-state index contributed by atoms with van der Waals surface area (Å²) in [5.74, 6) is 1.73. The van der Waals surface area contributed by atoms with Gasteiger partial charge in [-0.25, -0.2) is 4.98 Å². The number of anilines is 2. The maximum atomic E-state index is 5.72. The molecule has 2 unspecified atom stereocenters. The van der Waals surface area contributed by atoms with E-state index in [0.29, 0.717) is 11.7 Å². The van der Waals surface area contributed by atoms with Crippen LogP contribution in [0.5, 0.6) is 0 Å². The molecule has 1 heterocycles. The normalized spacial score (nSPS) is 24.6. The molecule has 2 rings (SSSR count). The summed E-state index contributed by atoms with van der Waals surface area (Å²) in [6, 6.07) is 2.52. The minimum Gasteiger partial charge on any atom is -0.397 e. The molecule has 0 bridgehead atoms. The molecule has 1 aliphatic carbocycles. The second kappa shape index (κ2) is 5.25. The SMILES string of the molecule is CC1CCCCC1N(C)c1ncc(N)cc1Br. The van der Waals surface area contributed by atoms with Gasteiger partial charge < -0.3 is 10.6 Å². The highest BCUT2D eigenvalue weighted by Gasteiger charge is 2.26. The fraction of sp³-hybridized carbons (Fsp3) is 0.615. The van der Waals surface area contributed by atoms with Crippen LogP contribution in [0.25, 0.3) is 0 Å². The zero-order valence-corrected chi connectivity index (χ0v) is 12.1. The minimum atomic E-state index is 0.594. The summed E-state index contributed by atoms with van der Waals surface area (Å²) in [6.07, 6.45) is 7.00. The van der Waals surface area contributed by atoms with Crippen molar-refractivity contribution in [1.29, 1.82) is 0 Å². The van der Waals surface area contributed by atoms with E-state index in [4.69, 9.17) is 5.73 Å². The molecule has 1 aromatic heterocycles. The molecule has 0 spiro atoms. The second-order valence-electron chi connectivity index (χ2n) is 5.01. The summed E-state index contributed by atoms with van der Waals surface area (Å²) in [5, 5.41) is 0. The van der Waals surface area contributed by atoms with Gasteiger partial charge >= 0.3 is 0 Å². The van der Waals surface area contributed by atoms with E-state index in [0.717, 1.165) is 16.2 Å². The molecule has 0 aliphatic heterocycles. The van der Waals surface area contributed by atoms with Crippen molar-refractivity contribution in [2.24, 2.45) is 5.92 Å². The molecule has 1 fully saturated rings. The van der Waals surface area contributed by atoms with Crippen LogP contribution in [0.2, 0.25) is 0 Å². The Labute approximate surface area is 112 Å². The Morgan fingerprint density at radius 1 is 1.41 bits per heavy atom. The van der Waals surface area contributed by atoms with Crippen LogP contribution < -0.4 is 10.6 Å². The predicted octanol–water partition coefficient (Wildman–Crippen LogP) is 3.44. The van der Waals surface area contributed by atoms with Crippen LogP contribution in [0.4, 0.5) is 11.5 Å². The first-order chi connectivity index (χ1) is 8.09. The summed E-state index contributed by atoms with van der Waals surface area (Å²) in [4.78, 5) is 6.74. The minimum absolute atomic E-state index is 0.594. The number of rotatable bonds is 2. The molecule has 1 aromatic rings. The summed E-state index contributed by atoms with van der Waals surface area (Å²) in [5.41, 5.74) is 6.42. The number of pyridine rings is 1. The van der Waals surface area contributed by atoms with Crippen molar-refractivity contribution < 1.29 is 0 Å². The second-order valence-corrected chi connectivity index (χ2v) is 5.87. The van der Waals surface area contributed by atoms with Gasteiger partial charge in [0, 0.05) is 13.1 Å². The van der Waals surface area contributed by atoms with Crippen molar-refractivity contribution in [3.05, 3.63) is 16.7 Å². The Balaban J connectivity index is 2.20. The van der Waals surface area contributed by atoms with Gasteiger partial charge in [-0.1, -0.05) is 19.8 Å².